The van der Waals surface area contributed by atoms with Crippen LogP contribution >= 0.6 is 0 Å². The minimum absolute atomic E-state index is 0. The molecule has 1 saturated carbocycles. The lowest BCUT2D eigenvalue weighted by molar-refractivity contribution is 0.166. The van der Waals surface area contributed by atoms with Gasteiger partial charge >= 0.3 is 0 Å². The summed E-state index contributed by atoms with van der Waals surface area (Å²) in [5.41, 5.74) is 1.57. The molecule has 0 aromatic carbocycles. The Bertz CT molecular complexity index is 177. The molecule has 1 aliphatic rings. The van der Waals surface area contributed by atoms with Gasteiger partial charge in [-0.05, 0) is 28.6 Å². The second-order valence-corrected chi connectivity index (χ2v) is 6.79. The Balaban J connectivity index is 0.00000144. The molecule has 0 aromatic heterocycles. The largest absolute Gasteiger partial charge is 0.0776 e. The van der Waals surface area contributed by atoms with Gasteiger partial charge in [-0.15, -0.1) is 0 Å². The van der Waals surface area contributed by atoms with Crippen LogP contribution in [0.5, 0.6) is 0 Å². The number of hydrogen-bond donors (Lipinski definition) is 0. The van der Waals surface area contributed by atoms with Crippen molar-refractivity contribution in [3.05, 3.63) is 0 Å². The van der Waals surface area contributed by atoms with Gasteiger partial charge in [-0.3, -0.25) is 0 Å². The molecule has 0 aromatic rings. The molecule has 1 rings (SSSR count). The molecule has 0 amide bonds. The fraction of sp³-hybridized carbons (Fsp3) is 1.00. The second-order valence-electron chi connectivity index (χ2n) is 6.79. The molecule has 0 nitrogen and oxygen atoms in total. The molecule has 80 valence electrons. The van der Waals surface area contributed by atoms with Crippen molar-refractivity contribution in [3.8, 4) is 0 Å². The highest BCUT2D eigenvalue weighted by Gasteiger charge is 2.60. The van der Waals surface area contributed by atoms with Crippen molar-refractivity contribution in [1.82, 2.24) is 0 Å². The van der Waals surface area contributed by atoms with E-state index in [-0.39, 0.29) is 7.43 Å². The van der Waals surface area contributed by atoms with Crippen LogP contribution in [0.25, 0.3) is 0 Å². The van der Waals surface area contributed by atoms with Crippen LogP contribution in [-0.2, 0) is 0 Å². The standard InChI is InChI=1S/C12H24.CH4/c1-10(2,3)9-8-12(9,7)11(4,5)6;/h9H,8H2,1-7H3;1H4. The van der Waals surface area contributed by atoms with Crippen molar-refractivity contribution in [1.29, 1.82) is 0 Å². The SMILES string of the molecule is C.CC(C)(C)C1CC1(C)C(C)(C)C. The van der Waals surface area contributed by atoms with Gasteiger partial charge in [-0.25, -0.2) is 0 Å². The van der Waals surface area contributed by atoms with Gasteiger partial charge in [0.1, 0.15) is 0 Å². The molecule has 13 heavy (non-hydrogen) atoms. The fourth-order valence-corrected chi connectivity index (χ4v) is 2.46. The maximum Gasteiger partial charge on any atom is -0.0241 e. The first kappa shape index (κ1) is 13.0. The Morgan fingerprint density at radius 3 is 1.46 bits per heavy atom. The van der Waals surface area contributed by atoms with Gasteiger partial charge < -0.3 is 0 Å². The minimum atomic E-state index is 0. The van der Waals surface area contributed by atoms with Crippen LogP contribution in [0.1, 0.15) is 62.3 Å². The van der Waals surface area contributed by atoms with Crippen LogP contribution in [-0.4, -0.2) is 0 Å². The maximum absolute atomic E-state index is 2.45. The molecule has 0 radical (unpaired) electrons. The number of rotatable bonds is 0. The van der Waals surface area contributed by atoms with Crippen LogP contribution in [0.2, 0.25) is 0 Å². The minimum Gasteiger partial charge on any atom is -0.0776 e. The maximum atomic E-state index is 2.45. The smallest absolute Gasteiger partial charge is 0.0241 e. The molecule has 0 bridgehead atoms. The van der Waals surface area contributed by atoms with Gasteiger partial charge in [-0.1, -0.05) is 55.9 Å². The van der Waals surface area contributed by atoms with Crippen LogP contribution in [0.3, 0.4) is 0 Å². The highest BCUT2D eigenvalue weighted by atomic mass is 14.6. The van der Waals surface area contributed by atoms with Crippen LogP contribution in [0.15, 0.2) is 0 Å². The van der Waals surface area contributed by atoms with E-state index in [1.54, 1.807) is 0 Å². The molecule has 0 heterocycles. The Kier molecular flexibility index (Phi) is 3.00. The zero-order valence-corrected chi connectivity index (χ0v) is 9.78. The first-order valence-electron chi connectivity index (χ1n) is 5.09. The molecular weight excluding hydrogens is 156 g/mol. The monoisotopic (exact) mass is 184 g/mol. The van der Waals surface area contributed by atoms with E-state index < -0.39 is 0 Å². The molecule has 1 aliphatic carbocycles. The predicted molar refractivity (Wildman–Crippen MR) is 61.9 cm³/mol. The van der Waals surface area contributed by atoms with E-state index >= 15 is 0 Å². The van der Waals surface area contributed by atoms with Gasteiger partial charge in [0.25, 0.3) is 0 Å². The Labute approximate surface area is 85.1 Å². The summed E-state index contributed by atoms with van der Waals surface area (Å²) in [6, 6.07) is 0. The van der Waals surface area contributed by atoms with E-state index in [1.807, 2.05) is 0 Å². The van der Waals surface area contributed by atoms with E-state index in [9.17, 15) is 0 Å². The van der Waals surface area contributed by atoms with E-state index in [4.69, 9.17) is 0 Å². The highest BCUT2D eigenvalue weighted by Crippen LogP contribution is 2.68. The van der Waals surface area contributed by atoms with Crippen molar-refractivity contribution >= 4 is 0 Å². The third-order valence-corrected chi connectivity index (χ3v) is 4.00. The molecule has 2 atom stereocenters. The third-order valence-electron chi connectivity index (χ3n) is 4.00. The lowest BCUT2D eigenvalue weighted by atomic mass is 9.73. The third kappa shape index (κ3) is 2.08. The van der Waals surface area contributed by atoms with Gasteiger partial charge in [0, 0.05) is 0 Å². The molecule has 0 heteroatoms. The van der Waals surface area contributed by atoms with Crippen molar-refractivity contribution in [2.45, 2.75) is 62.3 Å². The Hall–Kier alpha value is 0. The lowest BCUT2D eigenvalue weighted by Gasteiger charge is -2.32. The average Bonchev–Trinajstić information content (AvgIpc) is 2.38. The summed E-state index contributed by atoms with van der Waals surface area (Å²) in [7, 11) is 0. The van der Waals surface area contributed by atoms with Crippen LogP contribution in [0, 0.1) is 22.2 Å². The van der Waals surface area contributed by atoms with Crippen molar-refractivity contribution in [2.24, 2.45) is 22.2 Å². The Morgan fingerprint density at radius 2 is 1.38 bits per heavy atom. The van der Waals surface area contributed by atoms with Crippen molar-refractivity contribution in [2.75, 3.05) is 0 Å². The molecule has 2 unspecified atom stereocenters. The van der Waals surface area contributed by atoms with Crippen molar-refractivity contribution < 1.29 is 0 Å². The lowest BCUT2D eigenvalue weighted by Crippen LogP contribution is -2.25. The highest BCUT2D eigenvalue weighted by molar-refractivity contribution is 5.09. The summed E-state index contributed by atoms with van der Waals surface area (Å²) < 4.78 is 0. The molecule has 1 fully saturated rings. The van der Waals surface area contributed by atoms with Gasteiger partial charge in [0.15, 0.2) is 0 Å². The van der Waals surface area contributed by atoms with Crippen molar-refractivity contribution in [3.63, 3.8) is 0 Å². The molecule has 0 spiro atoms. The van der Waals surface area contributed by atoms with Crippen LogP contribution in [0.4, 0.5) is 0 Å². The average molecular weight is 184 g/mol. The molecule has 0 saturated heterocycles. The Morgan fingerprint density at radius 1 is 1.00 bits per heavy atom. The first-order valence-corrected chi connectivity index (χ1v) is 5.09. The summed E-state index contributed by atoms with van der Waals surface area (Å²) in [5.74, 6) is 0.921. The topological polar surface area (TPSA) is 0 Å². The predicted octanol–water partition coefficient (Wildman–Crippen LogP) is 4.74. The summed E-state index contributed by atoms with van der Waals surface area (Å²) in [4.78, 5) is 0. The summed E-state index contributed by atoms with van der Waals surface area (Å²) in [6.45, 7) is 16.7. The summed E-state index contributed by atoms with van der Waals surface area (Å²) >= 11 is 0. The normalized spacial score (nSPS) is 33.9. The second kappa shape index (κ2) is 3.00. The quantitative estimate of drug-likeness (QED) is 0.510. The van der Waals surface area contributed by atoms with E-state index in [0.29, 0.717) is 16.2 Å². The summed E-state index contributed by atoms with van der Waals surface area (Å²) in [6.07, 6.45) is 1.42. The van der Waals surface area contributed by atoms with E-state index in [2.05, 4.69) is 48.5 Å². The van der Waals surface area contributed by atoms with Crippen LogP contribution < -0.4 is 0 Å². The van der Waals surface area contributed by atoms with E-state index in [0.717, 1.165) is 5.92 Å². The van der Waals surface area contributed by atoms with Gasteiger partial charge in [-0.2, -0.15) is 0 Å². The first-order chi connectivity index (χ1) is 5.09. The fourth-order valence-electron chi connectivity index (χ4n) is 2.46. The molecular formula is C13H28. The van der Waals surface area contributed by atoms with Gasteiger partial charge in [0.05, 0.1) is 0 Å². The zero-order valence-electron chi connectivity index (χ0n) is 9.78. The van der Waals surface area contributed by atoms with E-state index in [1.165, 1.54) is 6.42 Å². The molecule has 0 N–H and O–H groups in total. The van der Waals surface area contributed by atoms with Gasteiger partial charge in [0.2, 0.25) is 0 Å². The number of hydrogen-bond acceptors (Lipinski definition) is 0. The molecule has 0 aliphatic heterocycles. The zero-order chi connectivity index (χ0) is 9.78. The summed E-state index contributed by atoms with van der Waals surface area (Å²) in [5, 5.41) is 0.